The van der Waals surface area contributed by atoms with Crippen molar-refractivity contribution in [3.05, 3.63) is 60.6 Å². The number of nitrogens with zero attached hydrogens (tertiary/aromatic N) is 5. The Morgan fingerprint density at radius 1 is 1.00 bits per heavy atom. The first kappa shape index (κ1) is 23.9. The second-order valence-corrected chi connectivity index (χ2v) is 6.84. The summed E-state index contributed by atoms with van der Waals surface area (Å²) in [7, 11) is 1.81. The van der Waals surface area contributed by atoms with Crippen molar-refractivity contribution < 1.29 is 0 Å². The van der Waals surface area contributed by atoms with Crippen molar-refractivity contribution in [2.75, 3.05) is 38.1 Å². The van der Waals surface area contributed by atoms with E-state index in [4.69, 9.17) is 0 Å². The molecule has 0 atom stereocenters. The summed E-state index contributed by atoms with van der Waals surface area (Å²) in [5, 5.41) is 15.3. The number of aryl methyl sites for hydroxylation is 1. The van der Waals surface area contributed by atoms with Crippen molar-refractivity contribution in [2.45, 2.75) is 26.2 Å². The van der Waals surface area contributed by atoms with Crippen LogP contribution >= 0.6 is 24.0 Å². The van der Waals surface area contributed by atoms with Gasteiger partial charge in [0.15, 0.2) is 11.6 Å². The molecule has 162 valence electrons. The Morgan fingerprint density at radius 3 is 2.47 bits per heavy atom. The Morgan fingerprint density at radius 2 is 1.73 bits per heavy atom. The van der Waals surface area contributed by atoms with Gasteiger partial charge in [0.2, 0.25) is 0 Å². The lowest BCUT2D eigenvalue weighted by molar-refractivity contribution is 0.690. The number of guanidine groups is 1. The molecule has 0 amide bonds. The highest BCUT2D eigenvalue weighted by Crippen LogP contribution is 2.12. The van der Waals surface area contributed by atoms with Gasteiger partial charge in [0.1, 0.15) is 5.82 Å². The van der Waals surface area contributed by atoms with Crippen LogP contribution in [-0.4, -0.2) is 53.8 Å². The fraction of sp³-hybridized carbons (Fsp3) is 0.409. The summed E-state index contributed by atoms with van der Waals surface area (Å²) in [4.78, 5) is 6.70. The zero-order valence-corrected chi connectivity index (χ0v) is 20.1. The van der Waals surface area contributed by atoms with Gasteiger partial charge in [-0.15, -0.1) is 34.2 Å². The molecule has 0 radical (unpaired) electrons. The Labute approximate surface area is 196 Å². The maximum Gasteiger partial charge on any atom is 0.190 e. The zero-order valence-electron chi connectivity index (χ0n) is 17.8. The number of hydrogen-bond donors (Lipinski definition) is 2. The van der Waals surface area contributed by atoms with Crippen molar-refractivity contribution in [3.8, 4) is 0 Å². The lowest BCUT2D eigenvalue weighted by Gasteiger charge is -2.23. The fourth-order valence-electron chi connectivity index (χ4n) is 3.32. The molecule has 0 aliphatic carbocycles. The van der Waals surface area contributed by atoms with Crippen molar-refractivity contribution >= 4 is 41.3 Å². The third kappa shape index (κ3) is 6.86. The minimum absolute atomic E-state index is 0. The first-order valence-electron chi connectivity index (χ1n) is 10.3. The highest BCUT2D eigenvalue weighted by Gasteiger charge is 2.05. The highest BCUT2D eigenvalue weighted by molar-refractivity contribution is 14.0. The largest absolute Gasteiger partial charge is 0.372 e. The molecule has 3 aromatic rings. The molecule has 0 fully saturated rings. The van der Waals surface area contributed by atoms with Crippen LogP contribution in [-0.2, 0) is 6.42 Å². The number of rotatable bonds is 10. The molecule has 3 rings (SSSR count). The van der Waals surface area contributed by atoms with E-state index >= 15 is 0 Å². The second kappa shape index (κ2) is 13.0. The van der Waals surface area contributed by atoms with Gasteiger partial charge in [-0.1, -0.05) is 24.3 Å². The summed E-state index contributed by atoms with van der Waals surface area (Å²) in [5.74, 6) is 1.84. The Bertz CT molecular complexity index is 895. The summed E-state index contributed by atoms with van der Waals surface area (Å²) in [6.45, 7) is 5.95. The molecule has 0 spiro atoms. The number of aromatic nitrogens is 3. The van der Waals surface area contributed by atoms with Crippen molar-refractivity contribution in [1.82, 2.24) is 25.2 Å². The van der Waals surface area contributed by atoms with Gasteiger partial charge in [-0.25, -0.2) is 0 Å². The van der Waals surface area contributed by atoms with Crippen molar-refractivity contribution in [3.63, 3.8) is 0 Å². The maximum atomic E-state index is 4.32. The van der Waals surface area contributed by atoms with Crippen LogP contribution in [0.4, 0.5) is 5.69 Å². The monoisotopic (exact) mass is 521 g/mol. The van der Waals surface area contributed by atoms with Crippen molar-refractivity contribution in [1.29, 1.82) is 0 Å². The molecule has 30 heavy (non-hydrogen) atoms. The Kier molecular flexibility index (Phi) is 10.4. The number of fused-ring (bicyclic) bond motifs is 1. The SMILES string of the molecule is CCN(CCCNC(=NC)NCCCc1nnc2ccccn12)c1ccccc1.I. The normalized spacial score (nSPS) is 11.2. The standard InChI is InChI=1S/C22H31N7.HI/c1-3-28(19-11-5-4-6-12-19)17-10-16-25-22(23-2)24-15-9-14-21-27-26-20-13-7-8-18-29(20)21;/h4-8,11-13,18H,3,9-10,14-17H2,1-2H3,(H2,23,24,25);1H. The predicted molar refractivity (Wildman–Crippen MR) is 135 cm³/mol. The minimum Gasteiger partial charge on any atom is -0.372 e. The summed E-state index contributed by atoms with van der Waals surface area (Å²) < 4.78 is 2.04. The number of anilines is 1. The summed E-state index contributed by atoms with van der Waals surface area (Å²) in [5.41, 5.74) is 2.17. The van der Waals surface area contributed by atoms with Crippen LogP contribution in [0.2, 0.25) is 0 Å². The predicted octanol–water partition coefficient (Wildman–Crippen LogP) is 3.36. The van der Waals surface area contributed by atoms with E-state index in [1.165, 1.54) is 5.69 Å². The molecule has 0 bridgehead atoms. The average molecular weight is 521 g/mol. The Hall–Kier alpha value is -2.36. The number of nitrogens with one attached hydrogen (secondary N) is 2. The average Bonchev–Trinajstić information content (AvgIpc) is 3.19. The van der Waals surface area contributed by atoms with Crippen LogP contribution in [0.5, 0.6) is 0 Å². The van der Waals surface area contributed by atoms with E-state index in [0.29, 0.717) is 0 Å². The number of para-hydroxylation sites is 1. The van der Waals surface area contributed by atoms with Crippen LogP contribution in [0.15, 0.2) is 59.7 Å². The molecule has 2 heterocycles. The molecule has 2 aromatic heterocycles. The summed E-state index contributed by atoms with van der Waals surface area (Å²) >= 11 is 0. The van der Waals surface area contributed by atoms with E-state index in [1.54, 1.807) is 0 Å². The van der Waals surface area contributed by atoms with Gasteiger partial charge < -0.3 is 15.5 Å². The van der Waals surface area contributed by atoms with Crippen molar-refractivity contribution in [2.24, 2.45) is 4.99 Å². The van der Waals surface area contributed by atoms with Gasteiger partial charge in [0.05, 0.1) is 0 Å². The van der Waals surface area contributed by atoms with Gasteiger partial charge >= 0.3 is 0 Å². The van der Waals surface area contributed by atoms with E-state index in [9.17, 15) is 0 Å². The third-order valence-electron chi connectivity index (χ3n) is 4.88. The number of aliphatic imine (C=N–C) groups is 1. The molecular formula is C22H32IN7. The van der Waals surface area contributed by atoms with Crippen LogP contribution in [0, 0.1) is 0 Å². The van der Waals surface area contributed by atoms with E-state index < -0.39 is 0 Å². The number of pyridine rings is 1. The lowest BCUT2D eigenvalue weighted by Crippen LogP contribution is -2.39. The molecule has 0 aliphatic heterocycles. The molecular weight excluding hydrogens is 489 g/mol. The molecule has 0 saturated carbocycles. The molecule has 1 aromatic carbocycles. The zero-order chi connectivity index (χ0) is 20.3. The molecule has 8 heteroatoms. The van der Waals surface area contributed by atoms with E-state index in [2.05, 4.69) is 68.0 Å². The molecule has 0 aliphatic rings. The number of halogens is 1. The first-order chi connectivity index (χ1) is 14.3. The minimum atomic E-state index is 0. The summed E-state index contributed by atoms with van der Waals surface area (Å²) in [6.07, 6.45) is 4.90. The number of benzene rings is 1. The highest BCUT2D eigenvalue weighted by atomic mass is 127. The molecule has 0 unspecified atom stereocenters. The third-order valence-corrected chi connectivity index (χ3v) is 4.88. The van der Waals surface area contributed by atoms with Crippen LogP contribution in [0.3, 0.4) is 0 Å². The molecule has 0 saturated heterocycles. The van der Waals surface area contributed by atoms with Gasteiger partial charge in [-0.2, -0.15) is 0 Å². The first-order valence-corrected chi connectivity index (χ1v) is 10.3. The quantitative estimate of drug-likeness (QED) is 0.185. The van der Waals surface area contributed by atoms with Gasteiger partial charge in [-0.3, -0.25) is 9.39 Å². The smallest absolute Gasteiger partial charge is 0.190 e. The van der Waals surface area contributed by atoms with Gasteiger partial charge in [-0.05, 0) is 44.0 Å². The van der Waals surface area contributed by atoms with E-state index in [-0.39, 0.29) is 24.0 Å². The lowest BCUT2D eigenvalue weighted by atomic mass is 10.2. The summed E-state index contributed by atoms with van der Waals surface area (Å²) in [6, 6.07) is 16.5. The number of hydrogen-bond acceptors (Lipinski definition) is 4. The fourth-order valence-corrected chi connectivity index (χ4v) is 3.32. The maximum absolute atomic E-state index is 4.32. The van der Waals surface area contributed by atoms with Crippen LogP contribution < -0.4 is 15.5 Å². The van der Waals surface area contributed by atoms with Gasteiger partial charge in [0.25, 0.3) is 0 Å². The molecule has 2 N–H and O–H groups in total. The van der Waals surface area contributed by atoms with E-state index in [0.717, 1.165) is 62.9 Å². The van der Waals surface area contributed by atoms with Crippen LogP contribution in [0.25, 0.3) is 5.65 Å². The topological polar surface area (TPSA) is 69.8 Å². The Balaban J connectivity index is 0.00000320. The van der Waals surface area contributed by atoms with E-state index in [1.807, 2.05) is 35.8 Å². The van der Waals surface area contributed by atoms with Crippen LogP contribution in [0.1, 0.15) is 25.6 Å². The second-order valence-electron chi connectivity index (χ2n) is 6.84. The molecule has 7 nitrogen and oxygen atoms in total. The van der Waals surface area contributed by atoms with Gasteiger partial charge in [0, 0.05) is 51.5 Å².